The van der Waals surface area contributed by atoms with Crippen molar-refractivity contribution in [2.24, 2.45) is 16.0 Å². The topological polar surface area (TPSA) is 120 Å². The average molecular weight is 497 g/mol. The van der Waals surface area contributed by atoms with E-state index in [9.17, 15) is 15.0 Å². The van der Waals surface area contributed by atoms with Gasteiger partial charge in [-0.15, -0.1) is 5.11 Å². The SMILES string of the molecule is CCCC(N)(CC)c1ccc(N=Nc2c(O)c(C(=O)Nc3ccc(CO)cc3)cc3ccccc23)cc1. The van der Waals surface area contributed by atoms with Crippen molar-refractivity contribution in [3.63, 3.8) is 0 Å². The number of anilines is 1. The average Bonchev–Trinajstić information content (AvgIpc) is 2.93. The number of nitrogens with zero attached hydrogens (tertiary/aromatic N) is 2. The molecule has 0 aliphatic rings. The van der Waals surface area contributed by atoms with E-state index in [2.05, 4.69) is 29.4 Å². The number of hydrogen-bond acceptors (Lipinski definition) is 6. The van der Waals surface area contributed by atoms with E-state index in [1.807, 2.05) is 48.5 Å². The smallest absolute Gasteiger partial charge is 0.259 e. The fourth-order valence-electron chi connectivity index (χ4n) is 4.42. The second-order valence-corrected chi connectivity index (χ2v) is 9.16. The van der Waals surface area contributed by atoms with Crippen LogP contribution in [0, 0.1) is 0 Å². The largest absolute Gasteiger partial charge is 0.505 e. The predicted octanol–water partition coefficient (Wildman–Crippen LogP) is 7.07. The Morgan fingerprint density at radius 3 is 2.32 bits per heavy atom. The van der Waals surface area contributed by atoms with E-state index in [1.54, 1.807) is 30.3 Å². The van der Waals surface area contributed by atoms with Crippen LogP contribution < -0.4 is 11.1 Å². The van der Waals surface area contributed by atoms with Crippen molar-refractivity contribution in [3.05, 3.63) is 95.6 Å². The van der Waals surface area contributed by atoms with Gasteiger partial charge in [-0.2, -0.15) is 5.11 Å². The van der Waals surface area contributed by atoms with E-state index in [1.165, 1.54) is 0 Å². The van der Waals surface area contributed by atoms with Gasteiger partial charge in [0, 0.05) is 16.6 Å². The van der Waals surface area contributed by atoms with E-state index < -0.39 is 5.91 Å². The summed E-state index contributed by atoms with van der Waals surface area (Å²) in [5, 5.41) is 33.2. The molecule has 4 aromatic carbocycles. The van der Waals surface area contributed by atoms with Crippen LogP contribution in [0.25, 0.3) is 10.8 Å². The molecular weight excluding hydrogens is 464 g/mol. The zero-order chi connectivity index (χ0) is 26.4. The molecule has 4 aromatic rings. The Morgan fingerprint density at radius 2 is 1.68 bits per heavy atom. The van der Waals surface area contributed by atoms with Crippen LogP contribution in [-0.4, -0.2) is 16.1 Å². The van der Waals surface area contributed by atoms with Gasteiger partial charge in [0.1, 0.15) is 5.69 Å². The summed E-state index contributed by atoms with van der Waals surface area (Å²) in [5.74, 6) is -0.728. The minimum absolute atomic E-state index is 0.0821. The summed E-state index contributed by atoms with van der Waals surface area (Å²) in [6.07, 6.45) is 2.72. The summed E-state index contributed by atoms with van der Waals surface area (Å²) in [7, 11) is 0. The first kappa shape index (κ1) is 26.0. The summed E-state index contributed by atoms with van der Waals surface area (Å²) in [4.78, 5) is 13.1. The summed E-state index contributed by atoms with van der Waals surface area (Å²) >= 11 is 0. The van der Waals surface area contributed by atoms with Gasteiger partial charge in [0.2, 0.25) is 0 Å². The molecule has 0 aromatic heterocycles. The van der Waals surface area contributed by atoms with Gasteiger partial charge in [-0.1, -0.05) is 68.8 Å². The molecule has 7 nitrogen and oxygen atoms in total. The van der Waals surface area contributed by atoms with Crippen molar-refractivity contribution in [3.8, 4) is 5.75 Å². The molecule has 1 unspecified atom stereocenters. The van der Waals surface area contributed by atoms with Crippen LogP contribution in [-0.2, 0) is 12.1 Å². The predicted molar refractivity (Wildman–Crippen MR) is 148 cm³/mol. The molecule has 1 atom stereocenters. The molecule has 0 saturated heterocycles. The third kappa shape index (κ3) is 5.69. The van der Waals surface area contributed by atoms with Crippen molar-refractivity contribution >= 4 is 33.7 Å². The first-order chi connectivity index (χ1) is 17.9. The molecule has 0 aliphatic carbocycles. The zero-order valence-corrected chi connectivity index (χ0v) is 21.1. The van der Waals surface area contributed by atoms with Gasteiger partial charge in [0.25, 0.3) is 5.91 Å². The number of phenolic OH excluding ortho intramolecular Hbond substituents is 1. The fraction of sp³-hybridized carbons (Fsp3) is 0.233. The Labute approximate surface area is 216 Å². The molecule has 0 aliphatic heterocycles. The molecule has 0 radical (unpaired) electrons. The minimum Gasteiger partial charge on any atom is -0.505 e. The van der Waals surface area contributed by atoms with Crippen LogP contribution in [0.15, 0.2) is 89.1 Å². The van der Waals surface area contributed by atoms with Crippen LogP contribution in [0.2, 0.25) is 0 Å². The molecule has 0 fully saturated rings. The van der Waals surface area contributed by atoms with Gasteiger partial charge in [0.15, 0.2) is 5.75 Å². The summed E-state index contributed by atoms with van der Waals surface area (Å²) < 4.78 is 0. The summed E-state index contributed by atoms with van der Waals surface area (Å²) in [6, 6.07) is 23.5. The maximum atomic E-state index is 13.1. The maximum Gasteiger partial charge on any atom is 0.259 e. The van der Waals surface area contributed by atoms with Crippen molar-refractivity contribution in [2.45, 2.75) is 45.3 Å². The number of aromatic hydroxyl groups is 1. The maximum absolute atomic E-state index is 13.1. The van der Waals surface area contributed by atoms with Crippen LogP contribution in [0.5, 0.6) is 5.75 Å². The lowest BCUT2D eigenvalue weighted by Gasteiger charge is -2.28. The van der Waals surface area contributed by atoms with Gasteiger partial charge in [-0.25, -0.2) is 0 Å². The van der Waals surface area contributed by atoms with Crippen molar-refractivity contribution in [2.75, 3.05) is 5.32 Å². The van der Waals surface area contributed by atoms with Gasteiger partial charge in [-0.3, -0.25) is 4.79 Å². The number of amides is 1. The molecule has 7 heteroatoms. The van der Waals surface area contributed by atoms with Gasteiger partial charge in [0.05, 0.1) is 17.9 Å². The molecule has 4 rings (SSSR count). The zero-order valence-electron chi connectivity index (χ0n) is 21.1. The summed E-state index contributed by atoms with van der Waals surface area (Å²) in [5.41, 5.74) is 9.48. The number of nitrogens with one attached hydrogen (secondary N) is 1. The molecular formula is C30H32N4O3. The Hall–Kier alpha value is -4.07. The molecule has 0 heterocycles. The van der Waals surface area contributed by atoms with E-state index in [4.69, 9.17) is 5.73 Å². The normalized spacial score (nSPS) is 13.1. The molecule has 190 valence electrons. The highest BCUT2D eigenvalue weighted by Gasteiger charge is 2.24. The third-order valence-electron chi connectivity index (χ3n) is 6.67. The molecule has 0 bridgehead atoms. The molecule has 37 heavy (non-hydrogen) atoms. The van der Waals surface area contributed by atoms with Crippen LogP contribution in [0.1, 0.15) is 54.6 Å². The molecule has 0 spiro atoms. The Bertz CT molecular complexity index is 1420. The molecule has 5 N–H and O–H groups in total. The summed E-state index contributed by atoms with van der Waals surface area (Å²) in [6.45, 7) is 4.13. The molecule has 1 amide bonds. The number of aliphatic hydroxyl groups excluding tert-OH is 1. The van der Waals surface area contributed by atoms with Crippen molar-refractivity contribution in [1.29, 1.82) is 0 Å². The fourth-order valence-corrected chi connectivity index (χ4v) is 4.42. The number of carbonyl (C=O) groups is 1. The minimum atomic E-state index is -0.476. The van der Waals surface area contributed by atoms with E-state index in [-0.39, 0.29) is 29.1 Å². The van der Waals surface area contributed by atoms with E-state index >= 15 is 0 Å². The first-order valence-corrected chi connectivity index (χ1v) is 12.5. The lowest BCUT2D eigenvalue weighted by molar-refractivity contribution is 0.102. The highest BCUT2D eigenvalue weighted by molar-refractivity contribution is 6.11. The number of fused-ring (bicyclic) bond motifs is 1. The number of aliphatic hydroxyl groups is 1. The highest BCUT2D eigenvalue weighted by Crippen LogP contribution is 2.40. The van der Waals surface area contributed by atoms with Gasteiger partial charge >= 0.3 is 0 Å². The molecule has 0 saturated carbocycles. The van der Waals surface area contributed by atoms with Gasteiger partial charge in [-0.05, 0) is 59.7 Å². The van der Waals surface area contributed by atoms with E-state index in [0.717, 1.165) is 35.8 Å². The van der Waals surface area contributed by atoms with Crippen molar-refractivity contribution < 1.29 is 15.0 Å². The first-order valence-electron chi connectivity index (χ1n) is 12.5. The number of azo groups is 1. The number of phenols is 1. The number of hydrogen-bond donors (Lipinski definition) is 4. The second-order valence-electron chi connectivity index (χ2n) is 9.16. The number of carbonyl (C=O) groups excluding carboxylic acids is 1. The monoisotopic (exact) mass is 496 g/mol. The number of benzene rings is 4. The number of rotatable bonds is 9. The third-order valence-corrected chi connectivity index (χ3v) is 6.67. The van der Waals surface area contributed by atoms with Crippen molar-refractivity contribution in [1.82, 2.24) is 0 Å². The Morgan fingerprint density at radius 1 is 0.973 bits per heavy atom. The van der Waals surface area contributed by atoms with Gasteiger partial charge < -0.3 is 21.3 Å². The second kappa shape index (κ2) is 11.3. The van der Waals surface area contributed by atoms with Crippen LogP contribution in [0.3, 0.4) is 0 Å². The lowest BCUT2D eigenvalue weighted by atomic mass is 9.84. The number of nitrogens with two attached hydrogens (primary N) is 1. The Balaban J connectivity index is 1.66. The quantitative estimate of drug-likeness (QED) is 0.185. The highest BCUT2D eigenvalue weighted by atomic mass is 16.3. The van der Waals surface area contributed by atoms with E-state index in [0.29, 0.717) is 16.8 Å². The standard InChI is InChI=1S/C30H32N4O3/c1-3-17-30(31,4-2)22-11-15-24(16-12-22)33-34-27-25-8-6-5-7-21(25)18-26(28(27)36)29(37)32-23-13-9-20(19-35)10-14-23/h5-16,18,35-36H,3-4,17,19,31H2,1-2H3,(H,32,37). The van der Waals surface area contributed by atoms with Crippen LogP contribution >= 0.6 is 0 Å². The van der Waals surface area contributed by atoms with Crippen LogP contribution in [0.4, 0.5) is 17.1 Å². The lowest BCUT2D eigenvalue weighted by Crippen LogP contribution is -2.35. The Kier molecular flexibility index (Phi) is 7.96.